The van der Waals surface area contributed by atoms with E-state index in [0.29, 0.717) is 17.3 Å². The maximum absolute atomic E-state index is 12.5. The normalized spacial score (nSPS) is 17.7. The molecule has 22 heavy (non-hydrogen) atoms. The second-order valence-electron chi connectivity index (χ2n) is 5.62. The number of nitrogens with one attached hydrogen (secondary N) is 1. The fourth-order valence-corrected chi connectivity index (χ4v) is 2.83. The second kappa shape index (κ2) is 6.66. The first-order valence-electron chi connectivity index (χ1n) is 7.59. The molecule has 1 fully saturated rings. The number of carbonyl (C=O) groups excluding carboxylic acids is 1. The summed E-state index contributed by atoms with van der Waals surface area (Å²) >= 11 is 0. The average Bonchev–Trinajstić information content (AvgIpc) is 3.04. The van der Waals surface area contributed by atoms with Crippen LogP contribution >= 0.6 is 0 Å². The lowest BCUT2D eigenvalue weighted by Crippen LogP contribution is -2.30. The highest BCUT2D eigenvalue weighted by Gasteiger charge is 2.26. The van der Waals surface area contributed by atoms with Crippen LogP contribution in [-0.4, -0.2) is 47.5 Å². The van der Waals surface area contributed by atoms with Crippen molar-refractivity contribution in [2.45, 2.75) is 6.42 Å². The Morgan fingerprint density at radius 1 is 1.27 bits per heavy atom. The zero-order valence-electron chi connectivity index (χ0n) is 12.7. The smallest absolute Gasteiger partial charge is 0.257 e. The Hall–Kier alpha value is -2.27. The van der Waals surface area contributed by atoms with Crippen LogP contribution in [0.1, 0.15) is 16.8 Å². The molecule has 0 saturated carbocycles. The molecule has 1 aromatic heterocycles. The average molecular weight is 296 g/mol. The van der Waals surface area contributed by atoms with Crippen molar-refractivity contribution in [3.05, 3.63) is 48.3 Å². The van der Waals surface area contributed by atoms with Crippen molar-refractivity contribution in [3.8, 4) is 11.4 Å². The molecule has 1 N–H and O–H groups in total. The van der Waals surface area contributed by atoms with Gasteiger partial charge in [0.25, 0.3) is 5.91 Å². The Balaban J connectivity index is 1.69. The maximum atomic E-state index is 12.5. The molecule has 3 rings (SSSR count). The predicted molar refractivity (Wildman–Crippen MR) is 85.4 cm³/mol. The minimum absolute atomic E-state index is 0.0261. The van der Waals surface area contributed by atoms with E-state index in [-0.39, 0.29) is 5.91 Å². The van der Waals surface area contributed by atoms with Gasteiger partial charge in [0.2, 0.25) is 0 Å². The zero-order valence-corrected chi connectivity index (χ0v) is 12.7. The highest BCUT2D eigenvalue weighted by atomic mass is 16.2. The van der Waals surface area contributed by atoms with Crippen LogP contribution in [-0.2, 0) is 0 Å². The van der Waals surface area contributed by atoms with E-state index in [2.05, 4.69) is 15.3 Å². The minimum atomic E-state index is 0.0261. The summed E-state index contributed by atoms with van der Waals surface area (Å²) in [4.78, 5) is 23.0. The number of rotatable bonds is 4. The molecule has 1 saturated heterocycles. The molecule has 114 valence electrons. The van der Waals surface area contributed by atoms with Gasteiger partial charge in [0.15, 0.2) is 5.82 Å². The Bertz CT molecular complexity index is 627. The van der Waals surface area contributed by atoms with Crippen LogP contribution in [0.5, 0.6) is 0 Å². The number of benzene rings is 1. The number of aromatic nitrogens is 2. The Morgan fingerprint density at radius 3 is 2.68 bits per heavy atom. The van der Waals surface area contributed by atoms with Gasteiger partial charge < -0.3 is 10.2 Å². The first kappa shape index (κ1) is 14.7. The lowest BCUT2D eigenvalue weighted by Gasteiger charge is -2.16. The first-order valence-corrected chi connectivity index (χ1v) is 7.59. The largest absolute Gasteiger partial charge is 0.338 e. The molecule has 1 atom stereocenters. The standard InChI is InChI=1S/C17H20N4O/c1-18-9-13-7-8-21(12-13)17(22)15-10-19-16(20-11-15)14-5-3-2-4-6-14/h2-6,10-11,13,18H,7-9,12H2,1H3/t13-/m1/s1. The topological polar surface area (TPSA) is 58.1 Å². The van der Waals surface area contributed by atoms with Gasteiger partial charge in [0.1, 0.15) is 0 Å². The monoisotopic (exact) mass is 296 g/mol. The molecule has 0 aliphatic carbocycles. The van der Waals surface area contributed by atoms with E-state index < -0.39 is 0 Å². The minimum Gasteiger partial charge on any atom is -0.338 e. The Kier molecular flexibility index (Phi) is 4.44. The van der Waals surface area contributed by atoms with Crippen LogP contribution < -0.4 is 5.32 Å². The lowest BCUT2D eigenvalue weighted by molar-refractivity contribution is 0.0786. The summed E-state index contributed by atoms with van der Waals surface area (Å²) < 4.78 is 0. The molecule has 5 heteroatoms. The zero-order chi connectivity index (χ0) is 15.4. The van der Waals surface area contributed by atoms with Crippen molar-refractivity contribution < 1.29 is 4.79 Å². The van der Waals surface area contributed by atoms with E-state index in [1.165, 1.54) is 0 Å². The number of likely N-dealkylation sites (tertiary alicyclic amines) is 1. The van der Waals surface area contributed by atoms with Crippen molar-refractivity contribution in [1.29, 1.82) is 0 Å². The van der Waals surface area contributed by atoms with Crippen molar-refractivity contribution in [3.63, 3.8) is 0 Å². The summed E-state index contributed by atoms with van der Waals surface area (Å²) in [5.74, 6) is 1.21. The molecule has 1 aliphatic heterocycles. The summed E-state index contributed by atoms with van der Waals surface area (Å²) in [6.45, 7) is 2.57. The third-order valence-corrected chi connectivity index (χ3v) is 4.00. The number of amides is 1. The van der Waals surface area contributed by atoms with Gasteiger partial charge in [-0.25, -0.2) is 9.97 Å². The van der Waals surface area contributed by atoms with E-state index in [4.69, 9.17) is 0 Å². The maximum Gasteiger partial charge on any atom is 0.257 e. The molecule has 0 spiro atoms. The van der Waals surface area contributed by atoms with Crippen molar-refractivity contribution in [1.82, 2.24) is 20.2 Å². The van der Waals surface area contributed by atoms with Crippen LogP contribution in [0, 0.1) is 5.92 Å². The summed E-state index contributed by atoms with van der Waals surface area (Å²) in [5, 5.41) is 3.17. The quantitative estimate of drug-likeness (QED) is 0.935. The molecule has 1 amide bonds. The summed E-state index contributed by atoms with van der Waals surface area (Å²) in [6, 6.07) is 9.77. The van der Waals surface area contributed by atoms with E-state index in [1.807, 2.05) is 42.3 Å². The second-order valence-corrected chi connectivity index (χ2v) is 5.62. The van der Waals surface area contributed by atoms with Gasteiger partial charge >= 0.3 is 0 Å². The van der Waals surface area contributed by atoms with Crippen molar-refractivity contribution in [2.75, 3.05) is 26.7 Å². The summed E-state index contributed by atoms with van der Waals surface area (Å²) in [5.41, 5.74) is 1.52. The summed E-state index contributed by atoms with van der Waals surface area (Å²) in [7, 11) is 1.95. The number of carbonyl (C=O) groups is 1. The van der Waals surface area contributed by atoms with Crippen LogP contribution in [0.3, 0.4) is 0 Å². The van der Waals surface area contributed by atoms with E-state index in [1.54, 1.807) is 12.4 Å². The first-order chi connectivity index (χ1) is 10.8. The molecule has 0 bridgehead atoms. The van der Waals surface area contributed by atoms with Gasteiger partial charge in [-0.3, -0.25) is 4.79 Å². The molecule has 5 nitrogen and oxygen atoms in total. The molecule has 2 aromatic rings. The van der Waals surface area contributed by atoms with Gasteiger partial charge in [-0.2, -0.15) is 0 Å². The van der Waals surface area contributed by atoms with Gasteiger partial charge in [-0.05, 0) is 25.9 Å². The fraction of sp³-hybridized carbons (Fsp3) is 0.353. The molecular formula is C17H20N4O. The van der Waals surface area contributed by atoms with Crippen LogP contribution in [0.2, 0.25) is 0 Å². The van der Waals surface area contributed by atoms with Gasteiger partial charge in [-0.15, -0.1) is 0 Å². The number of nitrogens with zero attached hydrogens (tertiary/aromatic N) is 3. The predicted octanol–water partition coefficient (Wildman–Crippen LogP) is 1.83. The summed E-state index contributed by atoms with van der Waals surface area (Å²) in [6.07, 6.45) is 4.31. The molecule has 2 heterocycles. The third kappa shape index (κ3) is 3.14. The van der Waals surface area contributed by atoms with Crippen LogP contribution in [0.15, 0.2) is 42.7 Å². The third-order valence-electron chi connectivity index (χ3n) is 4.00. The number of hydrogen-bond acceptors (Lipinski definition) is 4. The highest BCUT2D eigenvalue weighted by Crippen LogP contribution is 2.19. The van der Waals surface area contributed by atoms with Crippen molar-refractivity contribution >= 4 is 5.91 Å². The van der Waals surface area contributed by atoms with E-state index >= 15 is 0 Å². The molecular weight excluding hydrogens is 276 g/mol. The van der Waals surface area contributed by atoms with Gasteiger partial charge in [-0.1, -0.05) is 30.3 Å². The van der Waals surface area contributed by atoms with E-state index in [9.17, 15) is 4.79 Å². The van der Waals surface area contributed by atoms with E-state index in [0.717, 1.165) is 31.6 Å². The van der Waals surface area contributed by atoms with Gasteiger partial charge in [0.05, 0.1) is 5.56 Å². The Morgan fingerprint density at radius 2 is 2.00 bits per heavy atom. The SMILES string of the molecule is CNC[C@H]1CCN(C(=O)c2cnc(-c3ccccc3)nc2)C1. The van der Waals surface area contributed by atoms with Crippen LogP contribution in [0.25, 0.3) is 11.4 Å². The highest BCUT2D eigenvalue weighted by molar-refractivity contribution is 5.93. The molecule has 1 aromatic carbocycles. The molecule has 0 unspecified atom stereocenters. The molecule has 0 radical (unpaired) electrons. The van der Waals surface area contributed by atoms with Gasteiger partial charge in [0, 0.05) is 31.0 Å². The Labute approximate surface area is 130 Å². The van der Waals surface area contributed by atoms with Crippen molar-refractivity contribution in [2.24, 2.45) is 5.92 Å². The fourth-order valence-electron chi connectivity index (χ4n) is 2.83. The molecule has 1 aliphatic rings. The number of hydrogen-bond donors (Lipinski definition) is 1. The lowest BCUT2D eigenvalue weighted by atomic mass is 10.1. The van der Waals surface area contributed by atoms with Crippen LogP contribution in [0.4, 0.5) is 0 Å².